The number of piperazine rings is 1. The monoisotopic (exact) mass is 468 g/mol. The van der Waals surface area contributed by atoms with Crippen LogP contribution in [0.4, 0.5) is 5.69 Å². The van der Waals surface area contributed by atoms with Crippen molar-refractivity contribution >= 4 is 40.6 Å². The smallest absolute Gasteiger partial charge is 0.262 e. The Morgan fingerprint density at radius 1 is 0.969 bits per heavy atom. The first-order valence-corrected chi connectivity index (χ1v) is 13.0. The SMILES string of the molecule is CCCSc1ccccc1N1CCN(CCCCn2c(=S)[nH]c3ccccc3c2=O)CC1. The van der Waals surface area contributed by atoms with Crippen LogP contribution in [0.5, 0.6) is 0 Å². The highest BCUT2D eigenvalue weighted by Gasteiger charge is 2.19. The van der Waals surface area contributed by atoms with E-state index >= 15 is 0 Å². The third-order valence-electron chi connectivity index (χ3n) is 6.04. The normalized spacial score (nSPS) is 14.8. The van der Waals surface area contributed by atoms with Crippen LogP contribution in [0.25, 0.3) is 10.9 Å². The molecule has 3 aromatic rings. The first-order chi connectivity index (χ1) is 15.7. The Morgan fingerprint density at radius 2 is 1.69 bits per heavy atom. The number of thioether (sulfide) groups is 1. The lowest BCUT2D eigenvalue weighted by Gasteiger charge is -2.37. The lowest BCUT2D eigenvalue weighted by Crippen LogP contribution is -2.46. The van der Waals surface area contributed by atoms with E-state index in [4.69, 9.17) is 12.2 Å². The van der Waals surface area contributed by atoms with Gasteiger partial charge in [-0.15, -0.1) is 11.8 Å². The first-order valence-electron chi connectivity index (χ1n) is 11.6. The molecule has 1 fully saturated rings. The van der Waals surface area contributed by atoms with E-state index in [2.05, 4.69) is 46.0 Å². The van der Waals surface area contributed by atoms with Crippen LogP contribution < -0.4 is 10.5 Å². The van der Waals surface area contributed by atoms with Crippen molar-refractivity contribution in [2.24, 2.45) is 0 Å². The Morgan fingerprint density at radius 3 is 2.50 bits per heavy atom. The van der Waals surface area contributed by atoms with Crippen LogP contribution >= 0.6 is 24.0 Å². The van der Waals surface area contributed by atoms with E-state index < -0.39 is 0 Å². The van der Waals surface area contributed by atoms with Gasteiger partial charge < -0.3 is 9.88 Å². The van der Waals surface area contributed by atoms with Crippen LogP contribution in [0.15, 0.2) is 58.2 Å². The number of nitrogens with zero attached hydrogens (tertiary/aromatic N) is 3. The molecule has 1 aromatic heterocycles. The van der Waals surface area contributed by atoms with Gasteiger partial charge >= 0.3 is 0 Å². The second kappa shape index (κ2) is 11.2. The summed E-state index contributed by atoms with van der Waals surface area (Å²) in [6.07, 6.45) is 3.21. The number of rotatable bonds is 9. The van der Waals surface area contributed by atoms with Crippen molar-refractivity contribution in [2.45, 2.75) is 37.6 Å². The molecule has 1 aliphatic heterocycles. The average molecular weight is 469 g/mol. The van der Waals surface area contributed by atoms with Gasteiger partial charge in [0.15, 0.2) is 4.77 Å². The summed E-state index contributed by atoms with van der Waals surface area (Å²) >= 11 is 7.39. The molecule has 0 bridgehead atoms. The van der Waals surface area contributed by atoms with Gasteiger partial charge in [0.05, 0.1) is 16.6 Å². The van der Waals surface area contributed by atoms with E-state index in [1.54, 1.807) is 4.57 Å². The van der Waals surface area contributed by atoms with Crippen LogP contribution in [-0.2, 0) is 6.54 Å². The molecule has 0 saturated carbocycles. The van der Waals surface area contributed by atoms with Gasteiger partial charge in [0.2, 0.25) is 0 Å². The molecule has 0 unspecified atom stereocenters. The zero-order valence-corrected chi connectivity index (χ0v) is 20.4. The number of hydrogen-bond donors (Lipinski definition) is 1. The fourth-order valence-corrected chi connectivity index (χ4v) is 5.50. The van der Waals surface area contributed by atoms with E-state index in [1.165, 1.54) is 22.8 Å². The maximum absolute atomic E-state index is 12.8. The third-order valence-corrected chi connectivity index (χ3v) is 7.63. The second-order valence-corrected chi connectivity index (χ2v) is 9.81. The second-order valence-electron chi connectivity index (χ2n) is 8.28. The molecule has 0 spiro atoms. The number of benzene rings is 2. The largest absolute Gasteiger partial charge is 0.368 e. The summed E-state index contributed by atoms with van der Waals surface area (Å²) in [6.45, 7) is 8.28. The van der Waals surface area contributed by atoms with E-state index in [9.17, 15) is 4.79 Å². The minimum Gasteiger partial charge on any atom is -0.368 e. The summed E-state index contributed by atoms with van der Waals surface area (Å²) in [4.78, 5) is 22.4. The van der Waals surface area contributed by atoms with Gasteiger partial charge in [-0.3, -0.25) is 14.3 Å². The fraction of sp³-hybridized carbons (Fsp3) is 0.440. The molecule has 170 valence electrons. The molecule has 0 atom stereocenters. The molecule has 0 radical (unpaired) electrons. The standard InChI is InChI=1S/C25H32N4OS2/c1-2-19-32-23-12-6-5-11-22(23)28-17-15-27(16-18-28)13-7-8-14-29-24(30)20-9-3-4-10-21(20)26-25(29)31/h3-6,9-12H,2,7-8,13-19H2,1H3,(H,26,31). The van der Waals surface area contributed by atoms with E-state index in [0.717, 1.165) is 51.1 Å². The van der Waals surface area contributed by atoms with Crippen molar-refractivity contribution in [2.75, 3.05) is 43.4 Å². The highest BCUT2D eigenvalue weighted by atomic mass is 32.2. The zero-order chi connectivity index (χ0) is 22.3. The predicted molar refractivity (Wildman–Crippen MR) is 139 cm³/mol. The number of unbranched alkanes of at least 4 members (excludes halogenated alkanes) is 1. The number of nitrogens with one attached hydrogen (secondary N) is 1. The lowest BCUT2D eigenvalue weighted by atomic mass is 10.2. The molecular weight excluding hydrogens is 436 g/mol. The Kier molecular flexibility index (Phi) is 8.05. The maximum Gasteiger partial charge on any atom is 0.262 e. The topological polar surface area (TPSA) is 44.3 Å². The molecule has 2 aromatic carbocycles. The van der Waals surface area contributed by atoms with Gasteiger partial charge in [0, 0.05) is 37.6 Å². The van der Waals surface area contributed by atoms with Crippen molar-refractivity contribution in [3.8, 4) is 0 Å². The van der Waals surface area contributed by atoms with Crippen LogP contribution in [0.3, 0.4) is 0 Å². The van der Waals surface area contributed by atoms with Gasteiger partial charge in [0.25, 0.3) is 5.56 Å². The predicted octanol–water partition coefficient (Wildman–Crippen LogP) is 5.16. The molecule has 2 heterocycles. The van der Waals surface area contributed by atoms with E-state index in [-0.39, 0.29) is 5.56 Å². The summed E-state index contributed by atoms with van der Waals surface area (Å²) in [5.41, 5.74) is 2.21. The molecular formula is C25H32N4OS2. The summed E-state index contributed by atoms with van der Waals surface area (Å²) in [6, 6.07) is 16.4. The number of H-pyrrole nitrogens is 1. The lowest BCUT2D eigenvalue weighted by molar-refractivity contribution is 0.251. The maximum atomic E-state index is 12.8. The van der Waals surface area contributed by atoms with Crippen molar-refractivity contribution in [1.29, 1.82) is 0 Å². The van der Waals surface area contributed by atoms with Crippen LogP contribution in [0.1, 0.15) is 26.2 Å². The minimum absolute atomic E-state index is 0.0116. The quantitative estimate of drug-likeness (QED) is 0.267. The summed E-state index contributed by atoms with van der Waals surface area (Å²) in [5.74, 6) is 1.17. The van der Waals surface area contributed by atoms with Gasteiger partial charge in [-0.2, -0.15) is 0 Å². The molecule has 0 amide bonds. The molecule has 1 saturated heterocycles. The number of hydrogen-bond acceptors (Lipinski definition) is 5. The van der Waals surface area contributed by atoms with Gasteiger partial charge in [-0.05, 0) is 68.0 Å². The Hall–Kier alpha value is -2.09. The van der Waals surface area contributed by atoms with Gasteiger partial charge in [0.1, 0.15) is 0 Å². The number of aromatic amines is 1. The van der Waals surface area contributed by atoms with Crippen LogP contribution in [-0.4, -0.2) is 52.9 Å². The minimum atomic E-state index is 0.0116. The molecule has 0 aliphatic carbocycles. The van der Waals surface area contributed by atoms with Crippen molar-refractivity contribution in [3.05, 3.63) is 63.7 Å². The Labute approximate surface area is 199 Å². The Bertz CT molecular complexity index is 1150. The van der Waals surface area contributed by atoms with Crippen LogP contribution in [0, 0.1) is 4.77 Å². The first kappa shape index (κ1) is 23.1. The number of fused-ring (bicyclic) bond motifs is 1. The molecule has 1 aliphatic rings. The number of para-hydroxylation sites is 2. The molecule has 32 heavy (non-hydrogen) atoms. The van der Waals surface area contributed by atoms with Gasteiger partial charge in [-0.25, -0.2) is 0 Å². The molecule has 1 N–H and O–H groups in total. The van der Waals surface area contributed by atoms with Gasteiger partial charge in [-0.1, -0.05) is 31.2 Å². The average Bonchev–Trinajstić information content (AvgIpc) is 2.83. The molecule has 5 nitrogen and oxygen atoms in total. The van der Waals surface area contributed by atoms with Crippen molar-refractivity contribution in [1.82, 2.24) is 14.5 Å². The Balaban J connectivity index is 1.27. The molecule has 4 rings (SSSR count). The van der Waals surface area contributed by atoms with E-state index in [0.29, 0.717) is 16.7 Å². The number of anilines is 1. The van der Waals surface area contributed by atoms with Crippen LogP contribution in [0.2, 0.25) is 0 Å². The highest BCUT2D eigenvalue weighted by Crippen LogP contribution is 2.31. The van der Waals surface area contributed by atoms with Crippen molar-refractivity contribution < 1.29 is 0 Å². The summed E-state index contributed by atoms with van der Waals surface area (Å²) < 4.78 is 2.22. The fourth-order valence-electron chi connectivity index (χ4n) is 4.27. The zero-order valence-electron chi connectivity index (χ0n) is 18.8. The molecule has 7 heteroatoms. The number of aromatic nitrogens is 2. The highest BCUT2D eigenvalue weighted by molar-refractivity contribution is 7.99. The third kappa shape index (κ3) is 5.45. The summed E-state index contributed by atoms with van der Waals surface area (Å²) in [7, 11) is 0. The van der Waals surface area contributed by atoms with E-state index in [1.807, 2.05) is 36.0 Å². The summed E-state index contributed by atoms with van der Waals surface area (Å²) in [5, 5.41) is 0.703. The van der Waals surface area contributed by atoms with Crippen molar-refractivity contribution in [3.63, 3.8) is 0 Å².